The second-order valence-electron chi connectivity index (χ2n) is 4.86. The number of carbonyl (C=O) groups excluding carboxylic acids is 1. The molecule has 19 heavy (non-hydrogen) atoms. The number of amides is 1. The van der Waals surface area contributed by atoms with Gasteiger partial charge in [0, 0.05) is 13.1 Å². The van der Waals surface area contributed by atoms with Crippen LogP contribution in [0.2, 0.25) is 0 Å². The van der Waals surface area contributed by atoms with Gasteiger partial charge in [-0.15, -0.1) is 0 Å². The molecular weight excluding hydrogens is 274 g/mol. The molecule has 1 amide bonds. The molecule has 0 aromatic carbocycles. The lowest BCUT2D eigenvalue weighted by atomic mass is 10.2. The van der Waals surface area contributed by atoms with Gasteiger partial charge < -0.3 is 14.7 Å². The Kier molecular flexibility index (Phi) is 4.10. The van der Waals surface area contributed by atoms with E-state index in [1.165, 1.54) is 4.90 Å². The predicted molar refractivity (Wildman–Crippen MR) is 65.4 cm³/mol. The van der Waals surface area contributed by atoms with Gasteiger partial charge in [-0.25, -0.2) is 13.2 Å². The number of carbonyl (C=O) groups is 2. The van der Waals surface area contributed by atoms with Gasteiger partial charge in [0.1, 0.15) is 6.10 Å². The number of aliphatic carboxylic acids is 1. The Morgan fingerprint density at radius 3 is 2.42 bits per heavy atom. The van der Waals surface area contributed by atoms with Crippen LogP contribution < -0.4 is 0 Å². The van der Waals surface area contributed by atoms with E-state index < -0.39 is 28.0 Å². The third-order valence-electron chi connectivity index (χ3n) is 3.44. The monoisotopic (exact) mass is 291 g/mol. The minimum absolute atomic E-state index is 0.0339. The zero-order chi connectivity index (χ0) is 14.0. The fourth-order valence-electron chi connectivity index (χ4n) is 2.36. The van der Waals surface area contributed by atoms with Crippen LogP contribution in [0.25, 0.3) is 0 Å². The number of ether oxygens (including phenoxy) is 1. The Morgan fingerprint density at radius 1 is 1.11 bits per heavy atom. The first kappa shape index (κ1) is 14.3. The van der Waals surface area contributed by atoms with Crippen molar-refractivity contribution in [2.24, 2.45) is 0 Å². The molecule has 2 fully saturated rings. The van der Waals surface area contributed by atoms with Gasteiger partial charge in [-0.1, -0.05) is 0 Å². The molecule has 2 aliphatic heterocycles. The summed E-state index contributed by atoms with van der Waals surface area (Å²) < 4.78 is 28.1. The van der Waals surface area contributed by atoms with Crippen molar-refractivity contribution in [3.05, 3.63) is 0 Å². The standard InChI is InChI=1S/C11H17NO6S/c13-10(8-2-3-9(18-8)11(14)15)12-4-1-6-19(16,17)7-5-12/h8-9H,1-7H2,(H,14,15). The number of rotatable bonds is 2. The highest BCUT2D eigenvalue weighted by molar-refractivity contribution is 7.91. The topological polar surface area (TPSA) is 101 Å². The fourth-order valence-corrected chi connectivity index (χ4v) is 3.63. The number of nitrogens with zero attached hydrogens (tertiary/aromatic N) is 1. The summed E-state index contributed by atoms with van der Waals surface area (Å²) in [5.41, 5.74) is 0. The second-order valence-corrected chi connectivity index (χ2v) is 7.16. The van der Waals surface area contributed by atoms with Gasteiger partial charge in [0.2, 0.25) is 0 Å². The van der Waals surface area contributed by atoms with Crippen molar-refractivity contribution >= 4 is 21.7 Å². The molecule has 0 aliphatic carbocycles. The molecular formula is C11H17NO6S. The Hall–Kier alpha value is -1.15. The minimum Gasteiger partial charge on any atom is -0.479 e. The molecule has 0 aromatic rings. The lowest BCUT2D eigenvalue weighted by Crippen LogP contribution is -2.41. The molecule has 2 aliphatic rings. The van der Waals surface area contributed by atoms with Crippen LogP contribution in [0.15, 0.2) is 0 Å². The second kappa shape index (κ2) is 5.46. The molecule has 2 saturated heterocycles. The Bertz CT molecular complexity index is 474. The lowest BCUT2D eigenvalue weighted by Gasteiger charge is -2.23. The Balaban J connectivity index is 1.95. The summed E-state index contributed by atoms with van der Waals surface area (Å²) in [6.45, 7) is 0.550. The van der Waals surface area contributed by atoms with Crippen LogP contribution in [0.5, 0.6) is 0 Å². The number of sulfone groups is 1. The molecule has 2 atom stereocenters. The first-order valence-corrected chi connectivity index (χ1v) is 8.09. The van der Waals surface area contributed by atoms with Crippen LogP contribution in [0.3, 0.4) is 0 Å². The van der Waals surface area contributed by atoms with Crippen molar-refractivity contribution in [1.29, 1.82) is 0 Å². The average Bonchev–Trinajstić information content (AvgIpc) is 2.75. The summed E-state index contributed by atoms with van der Waals surface area (Å²) in [6.07, 6.45) is -0.563. The third kappa shape index (κ3) is 3.44. The number of hydrogen-bond acceptors (Lipinski definition) is 5. The van der Waals surface area contributed by atoms with Crippen molar-refractivity contribution in [3.63, 3.8) is 0 Å². The maximum Gasteiger partial charge on any atom is 0.332 e. The van der Waals surface area contributed by atoms with Gasteiger partial charge in [0.25, 0.3) is 5.91 Å². The van der Waals surface area contributed by atoms with E-state index in [2.05, 4.69) is 0 Å². The SMILES string of the molecule is O=C(O)C1CCC(C(=O)N2CCCS(=O)(=O)CC2)O1. The summed E-state index contributed by atoms with van der Waals surface area (Å²) in [7, 11) is -3.06. The van der Waals surface area contributed by atoms with Crippen LogP contribution in [0, 0.1) is 0 Å². The van der Waals surface area contributed by atoms with E-state index in [-0.39, 0.29) is 24.0 Å². The highest BCUT2D eigenvalue weighted by Gasteiger charge is 2.37. The highest BCUT2D eigenvalue weighted by atomic mass is 32.2. The first-order valence-electron chi connectivity index (χ1n) is 6.26. The zero-order valence-electron chi connectivity index (χ0n) is 10.4. The van der Waals surface area contributed by atoms with Crippen LogP contribution in [-0.2, 0) is 24.2 Å². The molecule has 2 heterocycles. The van der Waals surface area contributed by atoms with Crippen LogP contribution in [0.4, 0.5) is 0 Å². The van der Waals surface area contributed by atoms with Crippen molar-refractivity contribution in [3.8, 4) is 0 Å². The van der Waals surface area contributed by atoms with Crippen molar-refractivity contribution < 1.29 is 27.9 Å². The van der Waals surface area contributed by atoms with Crippen LogP contribution in [0.1, 0.15) is 19.3 Å². The molecule has 0 saturated carbocycles. The molecule has 2 rings (SSSR count). The predicted octanol–water partition coefficient (Wildman–Crippen LogP) is -0.734. The van der Waals surface area contributed by atoms with Gasteiger partial charge in [-0.05, 0) is 19.3 Å². The van der Waals surface area contributed by atoms with Gasteiger partial charge in [-0.3, -0.25) is 4.79 Å². The van der Waals surface area contributed by atoms with Gasteiger partial charge in [0.05, 0.1) is 11.5 Å². The van der Waals surface area contributed by atoms with Gasteiger partial charge in [-0.2, -0.15) is 0 Å². The molecule has 8 heteroatoms. The normalized spacial score (nSPS) is 30.8. The van der Waals surface area contributed by atoms with E-state index in [1.807, 2.05) is 0 Å². The number of carboxylic acid groups (broad SMARTS) is 1. The fraction of sp³-hybridized carbons (Fsp3) is 0.818. The molecule has 2 unspecified atom stereocenters. The van der Waals surface area contributed by atoms with Crippen molar-refractivity contribution in [1.82, 2.24) is 4.90 Å². The molecule has 7 nitrogen and oxygen atoms in total. The highest BCUT2D eigenvalue weighted by Crippen LogP contribution is 2.22. The van der Waals surface area contributed by atoms with E-state index in [9.17, 15) is 18.0 Å². The Labute approximate surface area is 111 Å². The lowest BCUT2D eigenvalue weighted by molar-refractivity contribution is -0.154. The van der Waals surface area contributed by atoms with E-state index in [4.69, 9.17) is 9.84 Å². The molecule has 108 valence electrons. The molecule has 0 spiro atoms. The number of carboxylic acids is 1. The van der Waals surface area contributed by atoms with Gasteiger partial charge >= 0.3 is 5.97 Å². The van der Waals surface area contributed by atoms with Crippen molar-refractivity contribution in [2.75, 3.05) is 24.6 Å². The zero-order valence-corrected chi connectivity index (χ0v) is 11.3. The van der Waals surface area contributed by atoms with E-state index >= 15 is 0 Å². The third-order valence-corrected chi connectivity index (χ3v) is 5.15. The molecule has 0 aromatic heterocycles. The summed E-state index contributed by atoms with van der Waals surface area (Å²) in [6, 6.07) is 0. The first-order chi connectivity index (χ1) is 8.89. The Morgan fingerprint density at radius 2 is 1.79 bits per heavy atom. The van der Waals surface area contributed by atoms with E-state index in [0.29, 0.717) is 25.8 Å². The van der Waals surface area contributed by atoms with Gasteiger partial charge in [0.15, 0.2) is 15.9 Å². The average molecular weight is 291 g/mol. The molecule has 1 N–H and O–H groups in total. The van der Waals surface area contributed by atoms with Crippen LogP contribution in [-0.4, -0.2) is 67.1 Å². The largest absolute Gasteiger partial charge is 0.479 e. The molecule has 0 bridgehead atoms. The summed E-state index contributed by atoms with van der Waals surface area (Å²) >= 11 is 0. The maximum absolute atomic E-state index is 12.1. The minimum atomic E-state index is -3.06. The smallest absolute Gasteiger partial charge is 0.332 e. The molecule has 0 radical (unpaired) electrons. The van der Waals surface area contributed by atoms with Crippen molar-refractivity contribution in [2.45, 2.75) is 31.5 Å². The maximum atomic E-state index is 12.1. The summed E-state index contributed by atoms with van der Waals surface area (Å²) in [5.74, 6) is -1.29. The summed E-state index contributed by atoms with van der Waals surface area (Å²) in [4.78, 5) is 24.4. The van der Waals surface area contributed by atoms with Crippen LogP contribution >= 0.6 is 0 Å². The summed E-state index contributed by atoms with van der Waals surface area (Å²) in [5, 5.41) is 8.81. The van der Waals surface area contributed by atoms with E-state index in [1.54, 1.807) is 0 Å². The van der Waals surface area contributed by atoms with E-state index in [0.717, 1.165) is 0 Å². The quantitative estimate of drug-likeness (QED) is 0.719. The number of hydrogen-bond donors (Lipinski definition) is 1.